The second-order valence-electron chi connectivity index (χ2n) is 6.30. The van der Waals surface area contributed by atoms with Gasteiger partial charge in [0, 0.05) is 18.2 Å². The minimum Gasteiger partial charge on any atom is -0.490 e. The normalized spacial score (nSPS) is 20.9. The van der Waals surface area contributed by atoms with Gasteiger partial charge in [0.1, 0.15) is 0 Å². The number of anilines is 2. The van der Waals surface area contributed by atoms with Crippen LogP contribution in [0.2, 0.25) is 0 Å². The molecule has 1 aliphatic carbocycles. The van der Waals surface area contributed by atoms with E-state index in [1.54, 1.807) is 6.07 Å². The van der Waals surface area contributed by atoms with E-state index in [2.05, 4.69) is 19.2 Å². The molecular weight excluding hydrogens is 255 g/mol. The number of nitrogens with two attached hydrogens (primary N) is 1. The van der Waals surface area contributed by atoms with E-state index >= 15 is 0 Å². The number of nitrogens with one attached hydrogen (secondary N) is 1. The van der Waals surface area contributed by atoms with Crippen LogP contribution in [0.15, 0.2) is 12.1 Å². The summed E-state index contributed by atoms with van der Waals surface area (Å²) in [5.74, 6) is -0.119. The Bertz CT molecular complexity index is 474. The summed E-state index contributed by atoms with van der Waals surface area (Å²) in [7, 11) is 0. The van der Waals surface area contributed by atoms with Gasteiger partial charge in [-0.05, 0) is 24.7 Å². The van der Waals surface area contributed by atoms with Crippen molar-refractivity contribution in [2.75, 3.05) is 17.7 Å². The number of halogens is 1. The maximum absolute atomic E-state index is 13.8. The van der Waals surface area contributed by atoms with Crippen molar-refractivity contribution in [3.05, 3.63) is 17.9 Å². The molecule has 3 N–H and O–H groups in total. The number of ether oxygens (including phenoxy) is 1. The van der Waals surface area contributed by atoms with Crippen LogP contribution in [0.1, 0.15) is 46.5 Å². The largest absolute Gasteiger partial charge is 0.490 e. The third-order valence-corrected chi connectivity index (χ3v) is 4.15. The van der Waals surface area contributed by atoms with E-state index in [0.717, 1.165) is 18.5 Å². The first-order valence-electron chi connectivity index (χ1n) is 7.42. The fourth-order valence-corrected chi connectivity index (χ4v) is 2.80. The smallest absolute Gasteiger partial charge is 0.167 e. The van der Waals surface area contributed by atoms with Gasteiger partial charge in [-0.3, -0.25) is 0 Å². The highest BCUT2D eigenvalue weighted by Gasteiger charge is 2.34. The third-order valence-electron chi connectivity index (χ3n) is 4.15. The Morgan fingerprint density at radius 2 is 2.20 bits per heavy atom. The molecular formula is C16H25FN2O. The molecule has 0 spiro atoms. The first-order chi connectivity index (χ1) is 9.44. The van der Waals surface area contributed by atoms with E-state index in [0.29, 0.717) is 18.3 Å². The molecule has 112 valence electrons. The molecule has 2 rings (SSSR count). The van der Waals surface area contributed by atoms with Crippen LogP contribution in [-0.4, -0.2) is 12.6 Å². The highest BCUT2D eigenvalue weighted by molar-refractivity contribution is 5.69. The lowest BCUT2D eigenvalue weighted by molar-refractivity contribution is 0.301. The molecule has 1 unspecified atom stereocenters. The Kier molecular flexibility index (Phi) is 4.41. The van der Waals surface area contributed by atoms with E-state index in [9.17, 15) is 4.39 Å². The van der Waals surface area contributed by atoms with Crippen LogP contribution in [-0.2, 0) is 0 Å². The summed E-state index contributed by atoms with van der Waals surface area (Å²) < 4.78 is 19.2. The SMILES string of the molecule is CCCOc1cc(NC2CCCC2(C)C)c(N)cc1F. The Balaban J connectivity index is 2.18. The average Bonchev–Trinajstić information content (AvgIpc) is 2.70. The second-order valence-corrected chi connectivity index (χ2v) is 6.30. The van der Waals surface area contributed by atoms with Gasteiger partial charge in [0.2, 0.25) is 0 Å². The van der Waals surface area contributed by atoms with Crippen molar-refractivity contribution in [1.82, 2.24) is 0 Å². The van der Waals surface area contributed by atoms with Crippen molar-refractivity contribution in [1.29, 1.82) is 0 Å². The first-order valence-corrected chi connectivity index (χ1v) is 7.42. The van der Waals surface area contributed by atoms with Crippen LogP contribution in [0.4, 0.5) is 15.8 Å². The maximum Gasteiger partial charge on any atom is 0.167 e. The Hall–Kier alpha value is -1.45. The standard InChI is InChI=1S/C16H25FN2O/c1-4-8-20-14-10-13(12(18)9-11(14)17)19-15-6-5-7-16(15,2)3/h9-10,15,19H,4-8,18H2,1-3H3. The van der Waals surface area contributed by atoms with E-state index in [1.165, 1.54) is 18.9 Å². The van der Waals surface area contributed by atoms with E-state index in [4.69, 9.17) is 10.5 Å². The Labute approximate surface area is 120 Å². The van der Waals surface area contributed by atoms with Gasteiger partial charge in [-0.2, -0.15) is 0 Å². The molecule has 1 aromatic carbocycles. The summed E-state index contributed by atoms with van der Waals surface area (Å²) in [5.41, 5.74) is 7.38. The number of hydrogen-bond acceptors (Lipinski definition) is 3. The van der Waals surface area contributed by atoms with Gasteiger partial charge >= 0.3 is 0 Å². The van der Waals surface area contributed by atoms with E-state index in [1.807, 2.05) is 6.92 Å². The monoisotopic (exact) mass is 280 g/mol. The molecule has 0 aliphatic heterocycles. The van der Waals surface area contributed by atoms with Crippen LogP contribution < -0.4 is 15.8 Å². The third kappa shape index (κ3) is 3.17. The molecule has 0 radical (unpaired) electrons. The molecule has 0 aromatic heterocycles. The second kappa shape index (κ2) is 5.90. The number of rotatable bonds is 5. The van der Waals surface area contributed by atoms with Crippen LogP contribution in [0, 0.1) is 11.2 Å². The minimum atomic E-state index is -0.396. The van der Waals surface area contributed by atoms with Crippen LogP contribution in [0.3, 0.4) is 0 Å². The predicted molar refractivity (Wildman–Crippen MR) is 81.6 cm³/mol. The molecule has 0 bridgehead atoms. The number of benzene rings is 1. The summed E-state index contributed by atoms with van der Waals surface area (Å²) >= 11 is 0. The highest BCUT2D eigenvalue weighted by atomic mass is 19.1. The van der Waals surface area contributed by atoms with Crippen LogP contribution in [0.25, 0.3) is 0 Å². The number of nitrogen functional groups attached to an aromatic ring is 1. The zero-order chi connectivity index (χ0) is 14.8. The fraction of sp³-hybridized carbons (Fsp3) is 0.625. The van der Waals surface area contributed by atoms with Crippen molar-refractivity contribution >= 4 is 11.4 Å². The number of hydrogen-bond donors (Lipinski definition) is 2. The average molecular weight is 280 g/mol. The zero-order valence-corrected chi connectivity index (χ0v) is 12.6. The predicted octanol–water partition coefficient (Wildman–Crippen LogP) is 4.19. The van der Waals surface area contributed by atoms with Gasteiger partial charge in [-0.15, -0.1) is 0 Å². The molecule has 1 fully saturated rings. The first kappa shape index (κ1) is 14.9. The maximum atomic E-state index is 13.8. The Morgan fingerprint density at radius 3 is 2.80 bits per heavy atom. The highest BCUT2D eigenvalue weighted by Crippen LogP contribution is 2.40. The molecule has 0 saturated heterocycles. The lowest BCUT2D eigenvalue weighted by atomic mass is 9.87. The van der Waals surface area contributed by atoms with Crippen LogP contribution >= 0.6 is 0 Å². The summed E-state index contributed by atoms with van der Waals surface area (Å²) in [6, 6.07) is 3.40. The van der Waals surface area contributed by atoms with E-state index in [-0.39, 0.29) is 11.2 Å². The van der Waals surface area contributed by atoms with Gasteiger partial charge in [-0.25, -0.2) is 4.39 Å². The van der Waals surface area contributed by atoms with Crippen molar-refractivity contribution in [2.24, 2.45) is 5.41 Å². The molecule has 3 nitrogen and oxygen atoms in total. The lowest BCUT2D eigenvalue weighted by Crippen LogP contribution is -2.31. The molecule has 20 heavy (non-hydrogen) atoms. The summed E-state index contributed by atoms with van der Waals surface area (Å²) in [6.07, 6.45) is 4.38. The molecule has 0 heterocycles. The quantitative estimate of drug-likeness (QED) is 0.795. The topological polar surface area (TPSA) is 47.3 Å². The zero-order valence-electron chi connectivity index (χ0n) is 12.6. The fourth-order valence-electron chi connectivity index (χ4n) is 2.80. The van der Waals surface area contributed by atoms with Crippen molar-refractivity contribution in [3.8, 4) is 5.75 Å². The van der Waals surface area contributed by atoms with Gasteiger partial charge in [0.15, 0.2) is 11.6 Å². The summed E-state index contributed by atoms with van der Waals surface area (Å²) in [6.45, 7) is 7.02. The molecule has 1 aliphatic rings. The molecule has 1 saturated carbocycles. The van der Waals surface area contributed by atoms with Gasteiger partial charge in [0.05, 0.1) is 18.0 Å². The van der Waals surface area contributed by atoms with Crippen LogP contribution in [0.5, 0.6) is 5.75 Å². The van der Waals surface area contributed by atoms with Crippen molar-refractivity contribution in [2.45, 2.75) is 52.5 Å². The minimum absolute atomic E-state index is 0.241. The summed E-state index contributed by atoms with van der Waals surface area (Å²) in [5, 5.41) is 3.47. The molecule has 4 heteroatoms. The summed E-state index contributed by atoms with van der Waals surface area (Å²) in [4.78, 5) is 0. The van der Waals surface area contributed by atoms with E-state index < -0.39 is 5.82 Å². The van der Waals surface area contributed by atoms with Gasteiger partial charge < -0.3 is 15.8 Å². The van der Waals surface area contributed by atoms with Gasteiger partial charge in [0.25, 0.3) is 0 Å². The van der Waals surface area contributed by atoms with Gasteiger partial charge in [-0.1, -0.05) is 27.2 Å². The lowest BCUT2D eigenvalue weighted by Gasteiger charge is -2.29. The molecule has 1 aromatic rings. The van der Waals surface area contributed by atoms with Crippen molar-refractivity contribution < 1.29 is 9.13 Å². The molecule has 0 amide bonds. The molecule has 1 atom stereocenters. The Morgan fingerprint density at radius 1 is 1.45 bits per heavy atom. The van der Waals surface area contributed by atoms with Crippen molar-refractivity contribution in [3.63, 3.8) is 0 Å².